The van der Waals surface area contributed by atoms with Gasteiger partial charge in [0.15, 0.2) is 0 Å². The normalized spacial score (nSPS) is 29.7. The number of carboxylic acid groups (broad SMARTS) is 1. The lowest BCUT2D eigenvalue weighted by Gasteiger charge is -2.56. The molecule has 2 rings (SSSR count). The van der Waals surface area contributed by atoms with Crippen molar-refractivity contribution in [3.63, 3.8) is 0 Å². The third-order valence-corrected chi connectivity index (χ3v) is 4.90. The van der Waals surface area contributed by atoms with Gasteiger partial charge in [0.25, 0.3) is 0 Å². The zero-order valence-corrected chi connectivity index (χ0v) is 11.0. The van der Waals surface area contributed by atoms with Crippen molar-refractivity contribution in [2.75, 3.05) is 33.4 Å². The van der Waals surface area contributed by atoms with Gasteiger partial charge in [0, 0.05) is 12.0 Å². The molecule has 2 fully saturated rings. The Labute approximate surface area is 103 Å². The fraction of sp³-hybridized carbons (Fsp3) is 0.923. The molecule has 0 aliphatic carbocycles. The number of rotatable bonds is 3. The average molecular weight is 241 g/mol. The van der Waals surface area contributed by atoms with Crippen LogP contribution in [0.5, 0.6) is 0 Å². The minimum Gasteiger partial charge on any atom is -0.481 e. The second-order valence-electron chi connectivity index (χ2n) is 6.18. The molecule has 0 aromatic heterocycles. The topological polar surface area (TPSA) is 49.8 Å². The maximum absolute atomic E-state index is 11.5. The summed E-state index contributed by atoms with van der Waals surface area (Å²) in [5, 5.41) is 9.47. The summed E-state index contributed by atoms with van der Waals surface area (Å²) in [4.78, 5) is 13.8. The van der Waals surface area contributed by atoms with E-state index in [-0.39, 0.29) is 5.41 Å². The maximum atomic E-state index is 11.5. The van der Waals surface area contributed by atoms with Gasteiger partial charge in [0.2, 0.25) is 0 Å². The van der Waals surface area contributed by atoms with Gasteiger partial charge in [-0.2, -0.15) is 0 Å². The molecule has 4 heteroatoms. The van der Waals surface area contributed by atoms with Gasteiger partial charge in [0.1, 0.15) is 0 Å². The molecule has 98 valence electrons. The SMILES string of the molecule is CN1CCCC(C2(C(C)(C)C(=O)O)COC2)C1. The third kappa shape index (κ3) is 1.87. The van der Waals surface area contributed by atoms with Crippen LogP contribution in [0.2, 0.25) is 0 Å². The van der Waals surface area contributed by atoms with Crippen LogP contribution in [0.4, 0.5) is 0 Å². The van der Waals surface area contributed by atoms with E-state index in [9.17, 15) is 9.90 Å². The van der Waals surface area contributed by atoms with Crippen molar-refractivity contribution in [3.8, 4) is 0 Å². The fourth-order valence-electron chi connectivity index (χ4n) is 3.26. The van der Waals surface area contributed by atoms with E-state index < -0.39 is 11.4 Å². The lowest BCUT2D eigenvalue weighted by molar-refractivity contribution is -0.223. The van der Waals surface area contributed by atoms with Crippen molar-refractivity contribution in [2.24, 2.45) is 16.7 Å². The molecule has 2 saturated heterocycles. The quantitative estimate of drug-likeness (QED) is 0.812. The molecule has 0 saturated carbocycles. The second-order valence-corrected chi connectivity index (χ2v) is 6.18. The van der Waals surface area contributed by atoms with Crippen molar-refractivity contribution in [1.29, 1.82) is 0 Å². The van der Waals surface area contributed by atoms with E-state index in [2.05, 4.69) is 11.9 Å². The van der Waals surface area contributed by atoms with E-state index in [4.69, 9.17) is 4.74 Å². The van der Waals surface area contributed by atoms with Gasteiger partial charge in [0.05, 0.1) is 18.6 Å². The Morgan fingerprint density at radius 2 is 2.12 bits per heavy atom. The van der Waals surface area contributed by atoms with Gasteiger partial charge in [-0.3, -0.25) is 4.79 Å². The molecular weight excluding hydrogens is 218 g/mol. The van der Waals surface area contributed by atoms with E-state index in [1.54, 1.807) is 0 Å². The van der Waals surface area contributed by atoms with Crippen LogP contribution in [0.3, 0.4) is 0 Å². The zero-order valence-electron chi connectivity index (χ0n) is 11.0. The molecule has 1 atom stereocenters. The predicted octanol–water partition coefficient (Wildman–Crippen LogP) is 1.46. The van der Waals surface area contributed by atoms with Gasteiger partial charge in [-0.25, -0.2) is 0 Å². The van der Waals surface area contributed by atoms with E-state index in [1.165, 1.54) is 6.42 Å². The molecule has 0 amide bonds. The fourth-order valence-corrected chi connectivity index (χ4v) is 3.26. The summed E-state index contributed by atoms with van der Waals surface area (Å²) in [7, 11) is 2.12. The number of likely N-dealkylation sites (tertiary alicyclic amines) is 1. The summed E-state index contributed by atoms with van der Waals surface area (Å²) in [6, 6.07) is 0. The first-order chi connectivity index (χ1) is 7.90. The standard InChI is InChI=1S/C13H23NO3/c1-12(2,11(15)16)13(8-17-9-13)10-5-4-6-14(3)7-10/h10H,4-9H2,1-3H3,(H,15,16). The Kier molecular flexibility index (Phi) is 3.21. The van der Waals surface area contributed by atoms with Crippen LogP contribution >= 0.6 is 0 Å². The largest absolute Gasteiger partial charge is 0.481 e. The number of nitrogens with zero attached hydrogens (tertiary/aromatic N) is 1. The molecule has 2 aliphatic rings. The Bertz CT molecular complexity index is 310. The van der Waals surface area contributed by atoms with Crippen molar-refractivity contribution < 1.29 is 14.6 Å². The number of ether oxygens (including phenoxy) is 1. The van der Waals surface area contributed by atoms with Gasteiger partial charge < -0.3 is 14.7 Å². The Hall–Kier alpha value is -0.610. The van der Waals surface area contributed by atoms with Crippen LogP contribution in [0, 0.1) is 16.7 Å². The van der Waals surface area contributed by atoms with Crippen molar-refractivity contribution >= 4 is 5.97 Å². The molecule has 4 nitrogen and oxygen atoms in total. The maximum Gasteiger partial charge on any atom is 0.309 e. The highest BCUT2D eigenvalue weighted by Crippen LogP contribution is 2.52. The zero-order chi connectivity index (χ0) is 12.7. The van der Waals surface area contributed by atoms with E-state index >= 15 is 0 Å². The summed E-state index contributed by atoms with van der Waals surface area (Å²) in [6.45, 7) is 7.04. The monoisotopic (exact) mass is 241 g/mol. The van der Waals surface area contributed by atoms with E-state index in [0.717, 1.165) is 19.5 Å². The molecule has 1 unspecified atom stereocenters. The number of carbonyl (C=O) groups is 1. The summed E-state index contributed by atoms with van der Waals surface area (Å²) < 4.78 is 5.38. The van der Waals surface area contributed by atoms with Crippen LogP contribution in [-0.2, 0) is 9.53 Å². The number of piperidine rings is 1. The molecule has 17 heavy (non-hydrogen) atoms. The predicted molar refractivity (Wildman–Crippen MR) is 64.9 cm³/mol. The minimum atomic E-state index is -0.700. The van der Waals surface area contributed by atoms with Gasteiger partial charge >= 0.3 is 5.97 Å². The van der Waals surface area contributed by atoms with Crippen LogP contribution in [0.15, 0.2) is 0 Å². The Morgan fingerprint density at radius 3 is 2.53 bits per heavy atom. The van der Waals surface area contributed by atoms with Crippen LogP contribution in [-0.4, -0.2) is 49.3 Å². The van der Waals surface area contributed by atoms with Crippen LogP contribution in [0.1, 0.15) is 26.7 Å². The molecule has 2 heterocycles. The average Bonchev–Trinajstić information content (AvgIpc) is 2.15. The molecular formula is C13H23NO3. The summed E-state index contributed by atoms with van der Waals surface area (Å²) in [6.07, 6.45) is 2.29. The number of carboxylic acids is 1. The van der Waals surface area contributed by atoms with Crippen molar-refractivity contribution in [3.05, 3.63) is 0 Å². The molecule has 0 radical (unpaired) electrons. The highest BCUT2D eigenvalue weighted by molar-refractivity contribution is 5.75. The lowest BCUT2D eigenvalue weighted by Crippen LogP contribution is -2.62. The van der Waals surface area contributed by atoms with E-state index in [1.807, 2.05) is 13.8 Å². The van der Waals surface area contributed by atoms with E-state index in [0.29, 0.717) is 19.1 Å². The molecule has 0 bridgehead atoms. The molecule has 1 N–H and O–H groups in total. The summed E-state index contributed by atoms with van der Waals surface area (Å²) in [5.41, 5.74) is -0.873. The van der Waals surface area contributed by atoms with Crippen molar-refractivity contribution in [1.82, 2.24) is 4.90 Å². The molecule has 0 aromatic carbocycles. The summed E-state index contributed by atoms with van der Waals surface area (Å²) >= 11 is 0. The number of hydrogen-bond acceptors (Lipinski definition) is 3. The first kappa shape index (κ1) is 12.8. The van der Waals surface area contributed by atoms with Crippen molar-refractivity contribution in [2.45, 2.75) is 26.7 Å². The number of aliphatic carboxylic acids is 1. The summed E-state index contributed by atoms with van der Waals surface area (Å²) in [5.74, 6) is -0.255. The van der Waals surface area contributed by atoms with Crippen LogP contribution in [0.25, 0.3) is 0 Å². The molecule has 0 spiro atoms. The first-order valence-corrected chi connectivity index (χ1v) is 6.40. The smallest absolute Gasteiger partial charge is 0.309 e. The second kappa shape index (κ2) is 4.25. The van der Waals surface area contributed by atoms with Gasteiger partial charge in [-0.15, -0.1) is 0 Å². The Morgan fingerprint density at radius 1 is 1.47 bits per heavy atom. The van der Waals surface area contributed by atoms with Gasteiger partial charge in [-0.05, 0) is 46.2 Å². The minimum absolute atomic E-state index is 0.173. The number of hydrogen-bond donors (Lipinski definition) is 1. The third-order valence-electron chi connectivity index (χ3n) is 4.90. The highest BCUT2D eigenvalue weighted by atomic mass is 16.5. The van der Waals surface area contributed by atoms with Crippen LogP contribution < -0.4 is 0 Å². The molecule has 0 aromatic rings. The highest BCUT2D eigenvalue weighted by Gasteiger charge is 2.59. The Balaban J connectivity index is 2.22. The molecule has 2 aliphatic heterocycles. The lowest BCUT2D eigenvalue weighted by atomic mass is 9.56. The first-order valence-electron chi connectivity index (χ1n) is 6.40. The van der Waals surface area contributed by atoms with Gasteiger partial charge in [-0.1, -0.05) is 0 Å².